The van der Waals surface area contributed by atoms with E-state index < -0.39 is 0 Å². The number of pyridine rings is 1. The lowest BCUT2D eigenvalue weighted by Crippen LogP contribution is -2.05. The third-order valence-electron chi connectivity index (χ3n) is 4.01. The van der Waals surface area contributed by atoms with E-state index in [0.29, 0.717) is 18.1 Å². The van der Waals surface area contributed by atoms with Crippen LogP contribution in [0.5, 0.6) is 11.5 Å². The average molecular weight is 347 g/mol. The van der Waals surface area contributed by atoms with Crippen molar-refractivity contribution in [2.24, 2.45) is 0 Å². The fourth-order valence-electron chi connectivity index (χ4n) is 2.69. The molecule has 0 amide bonds. The van der Waals surface area contributed by atoms with E-state index in [1.54, 1.807) is 35.1 Å². The Kier molecular flexibility index (Phi) is 4.10. The van der Waals surface area contributed by atoms with Crippen molar-refractivity contribution in [3.63, 3.8) is 0 Å². The number of aromatic hydroxyl groups is 1. The molecule has 1 aromatic carbocycles. The summed E-state index contributed by atoms with van der Waals surface area (Å²) in [6, 6.07) is 14.7. The molecule has 7 nitrogen and oxygen atoms in total. The number of aromatic nitrogens is 4. The van der Waals surface area contributed by atoms with Crippen LogP contribution in [0.2, 0.25) is 0 Å². The SMILES string of the molecule is COc1cc(-c2cnc3ccc(NCc4ccccn4)nn23)ccc1O. The molecule has 0 radical (unpaired) electrons. The van der Waals surface area contributed by atoms with Gasteiger partial charge in [-0.25, -0.2) is 9.50 Å². The van der Waals surface area contributed by atoms with Crippen LogP contribution in [-0.2, 0) is 6.54 Å². The predicted octanol–water partition coefficient (Wildman–Crippen LogP) is 3.12. The van der Waals surface area contributed by atoms with Crippen LogP contribution in [0.3, 0.4) is 0 Å². The Morgan fingerprint density at radius 3 is 2.85 bits per heavy atom. The van der Waals surface area contributed by atoms with Gasteiger partial charge >= 0.3 is 0 Å². The van der Waals surface area contributed by atoms with E-state index in [9.17, 15) is 5.11 Å². The van der Waals surface area contributed by atoms with E-state index in [1.807, 2.05) is 30.3 Å². The van der Waals surface area contributed by atoms with Crippen molar-refractivity contribution in [3.05, 3.63) is 66.6 Å². The van der Waals surface area contributed by atoms with Crippen LogP contribution < -0.4 is 10.1 Å². The normalized spacial score (nSPS) is 10.8. The average Bonchev–Trinajstić information content (AvgIpc) is 3.11. The Balaban J connectivity index is 1.66. The van der Waals surface area contributed by atoms with Gasteiger partial charge < -0.3 is 15.2 Å². The topological polar surface area (TPSA) is 84.6 Å². The van der Waals surface area contributed by atoms with Crippen molar-refractivity contribution in [1.82, 2.24) is 19.6 Å². The third kappa shape index (κ3) is 3.02. The second-order valence-electron chi connectivity index (χ2n) is 5.69. The molecule has 4 rings (SSSR count). The van der Waals surface area contributed by atoms with Gasteiger partial charge in [0.1, 0.15) is 5.82 Å². The first-order valence-corrected chi connectivity index (χ1v) is 8.10. The molecule has 0 unspecified atom stereocenters. The lowest BCUT2D eigenvalue weighted by Gasteiger charge is -2.08. The van der Waals surface area contributed by atoms with Gasteiger partial charge in [-0.15, -0.1) is 5.10 Å². The zero-order chi connectivity index (χ0) is 17.9. The van der Waals surface area contributed by atoms with Crippen molar-refractivity contribution >= 4 is 11.5 Å². The molecular formula is C19H17N5O2. The summed E-state index contributed by atoms with van der Waals surface area (Å²) >= 11 is 0. The number of imidazole rings is 1. The van der Waals surface area contributed by atoms with Crippen molar-refractivity contribution in [2.45, 2.75) is 6.54 Å². The quantitative estimate of drug-likeness (QED) is 0.577. The molecule has 0 aliphatic carbocycles. The van der Waals surface area contributed by atoms with E-state index in [2.05, 4.69) is 20.4 Å². The van der Waals surface area contributed by atoms with Gasteiger partial charge in [-0.2, -0.15) is 0 Å². The highest BCUT2D eigenvalue weighted by atomic mass is 16.5. The number of phenols is 1. The fraction of sp³-hybridized carbons (Fsp3) is 0.105. The molecule has 7 heteroatoms. The smallest absolute Gasteiger partial charge is 0.161 e. The van der Waals surface area contributed by atoms with Gasteiger partial charge in [-0.1, -0.05) is 6.07 Å². The van der Waals surface area contributed by atoms with Crippen LogP contribution in [0.4, 0.5) is 5.82 Å². The maximum Gasteiger partial charge on any atom is 0.161 e. The van der Waals surface area contributed by atoms with Crippen LogP contribution in [0.15, 0.2) is 60.9 Å². The molecule has 0 aliphatic rings. The largest absolute Gasteiger partial charge is 0.504 e. The van der Waals surface area contributed by atoms with Gasteiger partial charge in [0.05, 0.1) is 31.2 Å². The number of rotatable bonds is 5. The monoisotopic (exact) mass is 347 g/mol. The Hall–Kier alpha value is -3.61. The Bertz CT molecular complexity index is 1050. The van der Waals surface area contributed by atoms with Gasteiger partial charge in [-0.05, 0) is 42.5 Å². The van der Waals surface area contributed by atoms with E-state index in [1.165, 1.54) is 7.11 Å². The fourth-order valence-corrected chi connectivity index (χ4v) is 2.69. The number of benzene rings is 1. The molecule has 0 spiro atoms. The number of nitrogens with one attached hydrogen (secondary N) is 1. The highest BCUT2D eigenvalue weighted by Gasteiger charge is 2.11. The molecule has 0 saturated carbocycles. The molecule has 3 heterocycles. The summed E-state index contributed by atoms with van der Waals surface area (Å²) in [5.41, 5.74) is 3.32. The molecule has 2 N–H and O–H groups in total. The van der Waals surface area contributed by atoms with Gasteiger partial charge in [0.25, 0.3) is 0 Å². The number of hydrogen-bond acceptors (Lipinski definition) is 6. The van der Waals surface area contributed by atoms with Gasteiger partial charge in [0, 0.05) is 11.8 Å². The van der Waals surface area contributed by atoms with Crippen LogP contribution in [-0.4, -0.2) is 31.8 Å². The molecule has 0 fully saturated rings. The van der Waals surface area contributed by atoms with E-state index >= 15 is 0 Å². The first-order chi connectivity index (χ1) is 12.7. The van der Waals surface area contributed by atoms with E-state index in [0.717, 1.165) is 22.6 Å². The van der Waals surface area contributed by atoms with Crippen LogP contribution in [0.25, 0.3) is 16.9 Å². The number of anilines is 1. The lowest BCUT2D eigenvalue weighted by molar-refractivity contribution is 0.373. The highest BCUT2D eigenvalue weighted by molar-refractivity contribution is 5.66. The number of ether oxygens (including phenoxy) is 1. The maximum atomic E-state index is 9.79. The molecule has 4 aromatic rings. The van der Waals surface area contributed by atoms with E-state index in [4.69, 9.17) is 4.74 Å². The van der Waals surface area contributed by atoms with Crippen molar-refractivity contribution in [3.8, 4) is 22.8 Å². The van der Waals surface area contributed by atoms with Crippen molar-refractivity contribution < 1.29 is 9.84 Å². The summed E-state index contributed by atoms with van der Waals surface area (Å²) in [6.45, 7) is 0.580. The van der Waals surface area contributed by atoms with Crippen LogP contribution in [0.1, 0.15) is 5.69 Å². The minimum Gasteiger partial charge on any atom is -0.504 e. The number of nitrogens with zero attached hydrogens (tertiary/aromatic N) is 4. The molecule has 0 bridgehead atoms. The first kappa shape index (κ1) is 15.9. The number of fused-ring (bicyclic) bond motifs is 1. The zero-order valence-corrected chi connectivity index (χ0v) is 14.1. The standard InChI is InChI=1S/C19H17N5O2/c1-26-17-10-13(5-6-16(17)25)15-12-22-19-8-7-18(23-24(15)19)21-11-14-4-2-3-9-20-14/h2-10,12,25H,11H2,1H3,(H,21,23). The summed E-state index contributed by atoms with van der Waals surface area (Å²) in [5.74, 6) is 1.21. The second-order valence-corrected chi connectivity index (χ2v) is 5.69. The first-order valence-electron chi connectivity index (χ1n) is 8.10. The molecule has 0 saturated heterocycles. The third-order valence-corrected chi connectivity index (χ3v) is 4.01. The number of hydrogen-bond donors (Lipinski definition) is 2. The Labute approximate surface area is 149 Å². The van der Waals surface area contributed by atoms with Crippen molar-refractivity contribution in [2.75, 3.05) is 12.4 Å². The van der Waals surface area contributed by atoms with Crippen molar-refractivity contribution in [1.29, 1.82) is 0 Å². The molecule has 3 aromatic heterocycles. The molecular weight excluding hydrogens is 330 g/mol. The molecule has 130 valence electrons. The zero-order valence-electron chi connectivity index (χ0n) is 14.1. The summed E-state index contributed by atoms with van der Waals surface area (Å²) < 4.78 is 6.94. The summed E-state index contributed by atoms with van der Waals surface area (Å²) in [5, 5.41) is 17.7. The molecule has 0 aliphatic heterocycles. The van der Waals surface area contributed by atoms with Gasteiger partial charge in [0.2, 0.25) is 0 Å². The van der Waals surface area contributed by atoms with Crippen LogP contribution >= 0.6 is 0 Å². The molecule has 26 heavy (non-hydrogen) atoms. The Morgan fingerprint density at radius 1 is 1.12 bits per heavy atom. The van der Waals surface area contributed by atoms with Gasteiger partial charge in [0.15, 0.2) is 17.1 Å². The van der Waals surface area contributed by atoms with E-state index in [-0.39, 0.29) is 5.75 Å². The minimum absolute atomic E-state index is 0.0933. The minimum atomic E-state index is 0.0933. The summed E-state index contributed by atoms with van der Waals surface area (Å²) in [6.07, 6.45) is 3.51. The van der Waals surface area contributed by atoms with Crippen LogP contribution in [0, 0.1) is 0 Å². The van der Waals surface area contributed by atoms with Gasteiger partial charge in [-0.3, -0.25) is 4.98 Å². The summed E-state index contributed by atoms with van der Waals surface area (Å²) in [4.78, 5) is 8.68. The Morgan fingerprint density at radius 2 is 2.04 bits per heavy atom. The predicted molar refractivity (Wildman–Crippen MR) is 98.2 cm³/mol. The lowest BCUT2D eigenvalue weighted by atomic mass is 10.1. The second kappa shape index (κ2) is 6.72. The summed E-state index contributed by atoms with van der Waals surface area (Å²) in [7, 11) is 1.52. The highest BCUT2D eigenvalue weighted by Crippen LogP contribution is 2.31. The number of phenolic OH excluding ortho intramolecular Hbond substituents is 1. The maximum absolute atomic E-state index is 9.79. The number of methoxy groups -OCH3 is 1. The molecule has 0 atom stereocenters.